The molecular weight excluding hydrogens is 466 g/mol. The molecule has 0 radical (unpaired) electrons. The Morgan fingerprint density at radius 1 is 0.969 bits per heavy atom. The summed E-state index contributed by atoms with van der Waals surface area (Å²) in [6, 6.07) is 15.2. The lowest BCUT2D eigenvalue weighted by molar-refractivity contribution is -0.137. The summed E-state index contributed by atoms with van der Waals surface area (Å²) in [4.78, 5) is 25.1. The van der Waals surface area contributed by atoms with Crippen LogP contribution < -0.4 is 5.32 Å². The van der Waals surface area contributed by atoms with Gasteiger partial charge in [-0.05, 0) is 54.4 Å². The molecule has 0 saturated heterocycles. The average Bonchev–Trinajstić information content (AvgIpc) is 2.75. The summed E-state index contributed by atoms with van der Waals surface area (Å²) in [5.41, 5.74) is 0.383. The molecule has 0 saturated carbocycles. The van der Waals surface area contributed by atoms with Crippen LogP contribution in [0, 0.1) is 0 Å². The number of carbonyl (C=O) groups is 2. The van der Waals surface area contributed by atoms with Gasteiger partial charge < -0.3 is 10.1 Å². The molecule has 1 amide bonds. The maximum atomic E-state index is 12.8. The Bertz CT molecular complexity index is 1150. The Balaban J connectivity index is 1.76. The van der Waals surface area contributed by atoms with E-state index in [1.54, 1.807) is 24.3 Å². The van der Waals surface area contributed by atoms with Gasteiger partial charge in [-0.2, -0.15) is 13.2 Å². The van der Waals surface area contributed by atoms with E-state index in [2.05, 4.69) is 5.32 Å². The number of hydrogen-bond acceptors (Lipinski definition) is 3. The van der Waals surface area contributed by atoms with E-state index in [0.717, 1.165) is 12.1 Å². The minimum Gasteiger partial charge on any atom is -0.449 e. The Morgan fingerprint density at radius 3 is 2.25 bits per heavy atom. The van der Waals surface area contributed by atoms with Gasteiger partial charge in [0.1, 0.15) is 0 Å². The first kappa shape index (κ1) is 23.6. The van der Waals surface area contributed by atoms with Crippen LogP contribution in [0.3, 0.4) is 0 Å². The van der Waals surface area contributed by atoms with Crippen molar-refractivity contribution in [3.63, 3.8) is 0 Å². The van der Waals surface area contributed by atoms with E-state index in [0.29, 0.717) is 21.8 Å². The predicted molar refractivity (Wildman–Crippen MR) is 117 cm³/mol. The normalized spacial score (nSPS) is 12.2. The summed E-state index contributed by atoms with van der Waals surface area (Å²) in [6.45, 7) is 1.39. The van der Waals surface area contributed by atoms with Crippen molar-refractivity contribution in [2.45, 2.75) is 19.2 Å². The van der Waals surface area contributed by atoms with Gasteiger partial charge in [-0.15, -0.1) is 0 Å². The van der Waals surface area contributed by atoms with E-state index in [1.807, 2.05) is 0 Å². The molecule has 0 spiro atoms. The van der Waals surface area contributed by atoms with Gasteiger partial charge in [0.2, 0.25) is 0 Å². The van der Waals surface area contributed by atoms with Crippen molar-refractivity contribution in [3.05, 3.63) is 87.9 Å². The first-order valence-electron chi connectivity index (χ1n) is 9.30. The zero-order chi connectivity index (χ0) is 23.5. The summed E-state index contributed by atoms with van der Waals surface area (Å²) < 4.78 is 43.7. The van der Waals surface area contributed by atoms with Gasteiger partial charge >= 0.3 is 12.1 Å². The van der Waals surface area contributed by atoms with E-state index in [-0.39, 0.29) is 10.6 Å². The van der Waals surface area contributed by atoms with Crippen LogP contribution in [0.5, 0.6) is 0 Å². The van der Waals surface area contributed by atoms with Gasteiger partial charge in [-0.25, -0.2) is 4.79 Å². The third-order valence-electron chi connectivity index (χ3n) is 4.51. The molecule has 3 aromatic carbocycles. The van der Waals surface area contributed by atoms with Crippen LogP contribution in [-0.2, 0) is 15.7 Å². The van der Waals surface area contributed by atoms with Gasteiger partial charge in [0.05, 0.1) is 21.8 Å². The van der Waals surface area contributed by atoms with E-state index in [4.69, 9.17) is 27.9 Å². The second-order valence-electron chi connectivity index (χ2n) is 6.78. The fourth-order valence-corrected chi connectivity index (χ4v) is 3.31. The molecule has 166 valence electrons. The SMILES string of the molecule is C[C@@H](OC(=O)c1ccccc1-c1ccc(C(F)(F)F)cc1)C(=O)Nc1ccc(Cl)cc1Cl. The Labute approximate surface area is 191 Å². The lowest BCUT2D eigenvalue weighted by atomic mass is 9.98. The quantitative estimate of drug-likeness (QED) is 0.404. The number of halogens is 5. The number of anilines is 1. The molecule has 32 heavy (non-hydrogen) atoms. The van der Waals surface area contributed by atoms with Crippen molar-refractivity contribution in [1.29, 1.82) is 0 Å². The number of carbonyl (C=O) groups excluding carboxylic acids is 2. The largest absolute Gasteiger partial charge is 0.449 e. The maximum Gasteiger partial charge on any atom is 0.416 e. The molecule has 3 rings (SSSR count). The number of hydrogen-bond donors (Lipinski definition) is 1. The van der Waals surface area contributed by atoms with E-state index in [1.165, 1.54) is 37.3 Å². The molecule has 0 aliphatic heterocycles. The number of amides is 1. The van der Waals surface area contributed by atoms with Gasteiger partial charge in [0, 0.05) is 5.02 Å². The molecule has 1 atom stereocenters. The Kier molecular flexibility index (Phi) is 7.11. The number of ether oxygens (including phenoxy) is 1. The molecule has 0 aliphatic rings. The minimum atomic E-state index is -4.47. The highest BCUT2D eigenvalue weighted by molar-refractivity contribution is 6.36. The summed E-state index contributed by atoms with van der Waals surface area (Å²) >= 11 is 11.9. The van der Waals surface area contributed by atoms with Gasteiger partial charge in [0.15, 0.2) is 6.10 Å². The van der Waals surface area contributed by atoms with E-state index >= 15 is 0 Å². The first-order valence-corrected chi connectivity index (χ1v) is 10.1. The Hall–Kier alpha value is -3.03. The lowest BCUT2D eigenvalue weighted by Crippen LogP contribution is -2.30. The zero-order valence-electron chi connectivity index (χ0n) is 16.5. The molecule has 0 heterocycles. The highest BCUT2D eigenvalue weighted by atomic mass is 35.5. The molecule has 0 unspecified atom stereocenters. The highest BCUT2D eigenvalue weighted by Gasteiger charge is 2.30. The standard InChI is InChI=1S/C23H16Cl2F3NO3/c1-13(21(30)29-20-11-10-16(24)12-19(20)25)32-22(31)18-5-3-2-4-17(18)14-6-8-15(9-7-14)23(26,27)28/h2-13H,1H3,(H,29,30)/t13-/m1/s1. The van der Waals surface area contributed by atoms with Crippen LogP contribution in [0.1, 0.15) is 22.8 Å². The fourth-order valence-electron chi connectivity index (χ4n) is 2.85. The third kappa shape index (κ3) is 5.60. The predicted octanol–water partition coefficient (Wildman–Crippen LogP) is 6.86. The fraction of sp³-hybridized carbons (Fsp3) is 0.130. The van der Waals surface area contributed by atoms with Crippen molar-refractivity contribution >= 4 is 40.8 Å². The number of nitrogens with one attached hydrogen (secondary N) is 1. The third-order valence-corrected chi connectivity index (χ3v) is 5.06. The first-order chi connectivity index (χ1) is 15.1. The molecular formula is C23H16Cl2F3NO3. The summed E-state index contributed by atoms with van der Waals surface area (Å²) in [7, 11) is 0. The monoisotopic (exact) mass is 481 g/mol. The molecule has 4 nitrogen and oxygen atoms in total. The number of esters is 1. The summed E-state index contributed by atoms with van der Waals surface area (Å²) in [5, 5.41) is 3.16. The van der Waals surface area contributed by atoms with E-state index in [9.17, 15) is 22.8 Å². The van der Waals surface area contributed by atoms with Crippen LogP contribution >= 0.6 is 23.2 Å². The van der Waals surface area contributed by atoms with Crippen LogP contribution in [0.25, 0.3) is 11.1 Å². The molecule has 9 heteroatoms. The molecule has 0 aliphatic carbocycles. The van der Waals surface area contributed by atoms with Gasteiger partial charge in [-0.3, -0.25) is 4.79 Å². The number of rotatable bonds is 5. The summed E-state index contributed by atoms with van der Waals surface area (Å²) in [5.74, 6) is -1.42. The molecule has 1 N–H and O–H groups in total. The highest BCUT2D eigenvalue weighted by Crippen LogP contribution is 2.32. The lowest BCUT2D eigenvalue weighted by Gasteiger charge is -2.16. The van der Waals surface area contributed by atoms with Crippen LogP contribution in [0.15, 0.2) is 66.7 Å². The molecule has 0 bridgehead atoms. The van der Waals surface area contributed by atoms with Gasteiger partial charge in [0.25, 0.3) is 5.91 Å². The minimum absolute atomic E-state index is 0.108. The van der Waals surface area contributed by atoms with Gasteiger partial charge in [-0.1, -0.05) is 53.5 Å². The van der Waals surface area contributed by atoms with Crippen molar-refractivity contribution in [2.24, 2.45) is 0 Å². The van der Waals surface area contributed by atoms with Crippen LogP contribution in [0.2, 0.25) is 10.0 Å². The number of alkyl halides is 3. The smallest absolute Gasteiger partial charge is 0.416 e. The number of benzene rings is 3. The summed E-state index contributed by atoms with van der Waals surface area (Å²) in [6.07, 6.45) is -5.64. The molecule has 0 aromatic heterocycles. The van der Waals surface area contributed by atoms with Crippen molar-refractivity contribution < 1.29 is 27.5 Å². The maximum absolute atomic E-state index is 12.8. The van der Waals surface area contributed by atoms with Crippen molar-refractivity contribution in [3.8, 4) is 11.1 Å². The van der Waals surface area contributed by atoms with Crippen LogP contribution in [-0.4, -0.2) is 18.0 Å². The Morgan fingerprint density at radius 2 is 1.62 bits per heavy atom. The zero-order valence-corrected chi connectivity index (χ0v) is 18.1. The average molecular weight is 482 g/mol. The topological polar surface area (TPSA) is 55.4 Å². The van der Waals surface area contributed by atoms with Crippen LogP contribution in [0.4, 0.5) is 18.9 Å². The second-order valence-corrected chi connectivity index (χ2v) is 7.63. The second kappa shape index (κ2) is 9.63. The molecule has 0 fully saturated rings. The van der Waals surface area contributed by atoms with Crippen molar-refractivity contribution in [2.75, 3.05) is 5.32 Å². The van der Waals surface area contributed by atoms with Crippen molar-refractivity contribution in [1.82, 2.24) is 0 Å². The molecule has 3 aromatic rings. The van der Waals surface area contributed by atoms with E-state index < -0.39 is 29.7 Å².